The van der Waals surface area contributed by atoms with Gasteiger partial charge in [0.05, 0.1) is 19.4 Å². The molecule has 0 spiro atoms. The van der Waals surface area contributed by atoms with Crippen LogP contribution < -0.4 is 16.0 Å². The molecule has 1 aromatic heterocycles. The van der Waals surface area contributed by atoms with Gasteiger partial charge in [-0.25, -0.2) is 9.78 Å². The highest BCUT2D eigenvalue weighted by molar-refractivity contribution is 5.98. The third-order valence-electron chi connectivity index (χ3n) is 4.62. The van der Waals surface area contributed by atoms with E-state index in [1.54, 1.807) is 20.8 Å². The molecular formula is C24H35N5O5. The standard InChI is InChI=1S/C24H35N5O5/c1-7-18-25-13-19(27-18)28-20(30)17(15-33-14-16-11-9-8-10-12-16)26-21(31)24(5,6)29-22(32)34-23(2,3)4/h8-13,17H,7,14-15H2,1-6H3,(H,25,27)(H,26,31)(H,28,30)(H,29,32)/t17-/m1/s1. The first-order valence-corrected chi connectivity index (χ1v) is 11.2. The number of alkyl carbamates (subject to hydrolysis) is 1. The smallest absolute Gasteiger partial charge is 0.408 e. The first kappa shape index (κ1) is 26.8. The summed E-state index contributed by atoms with van der Waals surface area (Å²) in [6, 6.07) is 8.45. The number of aryl methyl sites for hydroxylation is 1. The van der Waals surface area contributed by atoms with E-state index in [1.807, 2.05) is 37.3 Å². The van der Waals surface area contributed by atoms with Crippen LogP contribution in [0.3, 0.4) is 0 Å². The van der Waals surface area contributed by atoms with E-state index in [9.17, 15) is 14.4 Å². The second kappa shape index (κ2) is 11.6. The zero-order valence-electron chi connectivity index (χ0n) is 20.7. The third kappa shape index (κ3) is 8.86. The van der Waals surface area contributed by atoms with Crippen LogP contribution >= 0.6 is 0 Å². The molecule has 0 unspecified atom stereocenters. The Balaban J connectivity index is 2.07. The van der Waals surface area contributed by atoms with Crippen molar-refractivity contribution in [3.05, 3.63) is 47.9 Å². The fourth-order valence-corrected chi connectivity index (χ4v) is 2.83. The number of ether oxygens (including phenoxy) is 2. The van der Waals surface area contributed by atoms with Crippen LogP contribution in [-0.2, 0) is 32.1 Å². The Morgan fingerprint density at radius 1 is 1.09 bits per heavy atom. The van der Waals surface area contributed by atoms with Crippen LogP contribution in [0.25, 0.3) is 0 Å². The number of aromatic nitrogens is 2. The molecule has 0 aliphatic carbocycles. The van der Waals surface area contributed by atoms with Crippen LogP contribution in [0.4, 0.5) is 10.6 Å². The number of nitrogens with zero attached hydrogens (tertiary/aromatic N) is 1. The molecule has 34 heavy (non-hydrogen) atoms. The number of hydrogen-bond acceptors (Lipinski definition) is 6. The molecule has 1 aromatic carbocycles. The molecule has 0 aliphatic heterocycles. The number of imidazole rings is 1. The van der Waals surface area contributed by atoms with Gasteiger partial charge in [0.15, 0.2) is 0 Å². The Kier molecular flexibility index (Phi) is 9.19. The first-order valence-electron chi connectivity index (χ1n) is 11.2. The number of rotatable bonds is 10. The average molecular weight is 474 g/mol. The molecule has 2 rings (SSSR count). The number of anilines is 1. The second-order valence-corrected chi connectivity index (χ2v) is 9.37. The zero-order chi connectivity index (χ0) is 25.4. The number of amides is 3. The molecule has 2 aromatic rings. The number of hydrogen-bond donors (Lipinski definition) is 4. The Labute approximate surface area is 200 Å². The van der Waals surface area contributed by atoms with E-state index in [2.05, 4.69) is 25.9 Å². The zero-order valence-corrected chi connectivity index (χ0v) is 20.7. The highest BCUT2D eigenvalue weighted by Crippen LogP contribution is 2.11. The molecule has 10 nitrogen and oxygen atoms in total. The monoisotopic (exact) mass is 473 g/mol. The lowest BCUT2D eigenvalue weighted by Crippen LogP contribution is -2.59. The molecule has 0 saturated heterocycles. The Morgan fingerprint density at radius 2 is 1.76 bits per heavy atom. The summed E-state index contributed by atoms with van der Waals surface area (Å²) in [6.45, 7) is 10.3. The van der Waals surface area contributed by atoms with E-state index >= 15 is 0 Å². The number of aromatic amines is 1. The minimum Gasteiger partial charge on any atom is -0.444 e. The molecule has 0 aliphatic rings. The van der Waals surface area contributed by atoms with Crippen LogP contribution in [-0.4, -0.2) is 51.7 Å². The van der Waals surface area contributed by atoms with Crippen LogP contribution in [0.2, 0.25) is 0 Å². The van der Waals surface area contributed by atoms with Crippen molar-refractivity contribution in [3.63, 3.8) is 0 Å². The molecule has 1 atom stereocenters. The van der Waals surface area contributed by atoms with Gasteiger partial charge in [-0.3, -0.25) is 9.59 Å². The quantitative estimate of drug-likeness (QED) is 0.419. The summed E-state index contributed by atoms with van der Waals surface area (Å²) in [7, 11) is 0. The fourth-order valence-electron chi connectivity index (χ4n) is 2.83. The van der Waals surface area contributed by atoms with E-state index in [0.29, 0.717) is 12.2 Å². The van der Waals surface area contributed by atoms with Crippen molar-refractivity contribution in [1.29, 1.82) is 0 Å². The van der Waals surface area contributed by atoms with Gasteiger partial charge in [-0.2, -0.15) is 0 Å². The average Bonchev–Trinajstić information content (AvgIpc) is 3.19. The minimum absolute atomic E-state index is 0.0796. The lowest BCUT2D eigenvalue weighted by Gasteiger charge is -2.29. The van der Waals surface area contributed by atoms with Crippen molar-refractivity contribution in [2.75, 3.05) is 11.9 Å². The lowest BCUT2D eigenvalue weighted by molar-refractivity contribution is -0.131. The SMILES string of the molecule is CCc1ncc(NC(=O)[C@@H](COCc2ccccc2)NC(=O)C(C)(C)NC(=O)OC(C)(C)C)[nH]1. The summed E-state index contributed by atoms with van der Waals surface area (Å²) in [5.41, 5.74) is -1.13. The van der Waals surface area contributed by atoms with E-state index in [0.717, 1.165) is 11.4 Å². The van der Waals surface area contributed by atoms with E-state index in [-0.39, 0.29) is 13.2 Å². The van der Waals surface area contributed by atoms with E-state index < -0.39 is 35.1 Å². The van der Waals surface area contributed by atoms with E-state index in [4.69, 9.17) is 9.47 Å². The van der Waals surface area contributed by atoms with Gasteiger partial charge in [0.25, 0.3) is 5.91 Å². The molecule has 1 heterocycles. The van der Waals surface area contributed by atoms with Gasteiger partial charge in [0.1, 0.15) is 28.8 Å². The summed E-state index contributed by atoms with van der Waals surface area (Å²) in [5.74, 6) is 0.0793. The van der Waals surface area contributed by atoms with Crippen LogP contribution in [0.15, 0.2) is 36.5 Å². The molecular weight excluding hydrogens is 438 g/mol. The normalized spacial score (nSPS) is 12.5. The molecule has 4 N–H and O–H groups in total. The maximum absolute atomic E-state index is 13.0. The predicted octanol–water partition coefficient (Wildman–Crippen LogP) is 2.92. The van der Waals surface area contributed by atoms with Gasteiger partial charge in [-0.05, 0) is 40.2 Å². The van der Waals surface area contributed by atoms with Gasteiger partial charge in [0, 0.05) is 6.42 Å². The molecule has 186 valence electrons. The molecule has 0 radical (unpaired) electrons. The first-order chi connectivity index (χ1) is 15.9. The fraction of sp³-hybridized carbons (Fsp3) is 0.500. The maximum Gasteiger partial charge on any atom is 0.408 e. The van der Waals surface area contributed by atoms with Crippen molar-refractivity contribution < 1.29 is 23.9 Å². The summed E-state index contributed by atoms with van der Waals surface area (Å²) in [6.07, 6.45) is 1.45. The van der Waals surface area contributed by atoms with Gasteiger partial charge in [-0.15, -0.1) is 0 Å². The van der Waals surface area contributed by atoms with Gasteiger partial charge in [0.2, 0.25) is 5.91 Å². The van der Waals surface area contributed by atoms with Crippen molar-refractivity contribution >= 4 is 23.7 Å². The Morgan fingerprint density at radius 3 is 2.35 bits per heavy atom. The Hall–Kier alpha value is -3.40. The van der Waals surface area contributed by atoms with Crippen LogP contribution in [0, 0.1) is 0 Å². The Bertz CT molecular complexity index is 966. The second-order valence-electron chi connectivity index (χ2n) is 9.37. The molecule has 0 fully saturated rings. The topological polar surface area (TPSA) is 134 Å². The highest BCUT2D eigenvalue weighted by Gasteiger charge is 2.34. The summed E-state index contributed by atoms with van der Waals surface area (Å²) < 4.78 is 11.0. The maximum atomic E-state index is 13.0. The van der Waals surface area contributed by atoms with Crippen molar-refractivity contribution in [2.24, 2.45) is 0 Å². The van der Waals surface area contributed by atoms with Crippen LogP contribution in [0.1, 0.15) is 52.9 Å². The highest BCUT2D eigenvalue weighted by atomic mass is 16.6. The largest absolute Gasteiger partial charge is 0.444 e. The lowest BCUT2D eigenvalue weighted by atomic mass is 10.0. The molecule has 0 saturated carbocycles. The summed E-state index contributed by atoms with van der Waals surface area (Å²) >= 11 is 0. The number of carbonyl (C=O) groups excluding carboxylic acids is 3. The number of benzene rings is 1. The van der Waals surface area contributed by atoms with Crippen molar-refractivity contribution in [2.45, 2.75) is 71.8 Å². The van der Waals surface area contributed by atoms with Gasteiger partial charge < -0.3 is 30.4 Å². The molecule has 10 heteroatoms. The van der Waals surface area contributed by atoms with Gasteiger partial charge in [-0.1, -0.05) is 37.3 Å². The minimum atomic E-state index is -1.34. The summed E-state index contributed by atoms with van der Waals surface area (Å²) in [4.78, 5) is 45.3. The number of nitrogens with one attached hydrogen (secondary N) is 4. The molecule has 0 bridgehead atoms. The van der Waals surface area contributed by atoms with Crippen LogP contribution in [0.5, 0.6) is 0 Å². The predicted molar refractivity (Wildman–Crippen MR) is 128 cm³/mol. The number of carbonyl (C=O) groups is 3. The molecule has 3 amide bonds. The van der Waals surface area contributed by atoms with E-state index in [1.165, 1.54) is 20.0 Å². The third-order valence-corrected chi connectivity index (χ3v) is 4.62. The van der Waals surface area contributed by atoms with Crippen molar-refractivity contribution in [1.82, 2.24) is 20.6 Å². The summed E-state index contributed by atoms with van der Waals surface area (Å²) in [5, 5.41) is 7.92. The number of H-pyrrole nitrogens is 1. The van der Waals surface area contributed by atoms with Gasteiger partial charge >= 0.3 is 6.09 Å². The van der Waals surface area contributed by atoms with Crippen molar-refractivity contribution in [3.8, 4) is 0 Å².